The molecular formula is C17H18ClFN2O4S2. The number of benzene rings is 2. The van der Waals surface area contributed by atoms with Crippen molar-refractivity contribution in [3.8, 4) is 0 Å². The van der Waals surface area contributed by atoms with Crippen LogP contribution in [0.1, 0.15) is 18.9 Å². The van der Waals surface area contributed by atoms with Crippen molar-refractivity contribution in [3.05, 3.63) is 52.8 Å². The monoisotopic (exact) mass is 432 g/mol. The zero-order chi connectivity index (χ0) is 19.8. The molecule has 2 aromatic rings. The van der Waals surface area contributed by atoms with Gasteiger partial charge >= 0.3 is 0 Å². The van der Waals surface area contributed by atoms with E-state index in [1.807, 2.05) is 0 Å². The summed E-state index contributed by atoms with van der Waals surface area (Å²) >= 11 is 5.66. The van der Waals surface area contributed by atoms with Crippen molar-refractivity contribution in [1.82, 2.24) is 0 Å². The Bertz CT molecular complexity index is 1090. The van der Waals surface area contributed by atoms with Gasteiger partial charge in [0.1, 0.15) is 5.82 Å². The second-order valence-electron chi connectivity index (χ2n) is 6.10. The predicted molar refractivity (Wildman–Crippen MR) is 104 cm³/mol. The van der Waals surface area contributed by atoms with Gasteiger partial charge in [-0.05, 0) is 61.7 Å². The highest BCUT2D eigenvalue weighted by molar-refractivity contribution is 7.93. The lowest BCUT2D eigenvalue weighted by molar-refractivity contribution is 0.587. The smallest absolute Gasteiger partial charge is 0.261 e. The summed E-state index contributed by atoms with van der Waals surface area (Å²) in [5, 5.41) is -0.288. The average Bonchev–Trinajstić information content (AvgIpc) is 2.62. The molecule has 146 valence electrons. The SMILES string of the molecule is CCS(=O)(=O)N1CCCc2cc(NS(=O)(=O)c3ccc(F)c(Cl)c3)ccc21. The van der Waals surface area contributed by atoms with E-state index in [0.29, 0.717) is 30.8 Å². The topological polar surface area (TPSA) is 83.6 Å². The summed E-state index contributed by atoms with van der Waals surface area (Å²) in [7, 11) is -7.35. The normalized spacial score (nSPS) is 14.7. The maximum absolute atomic E-state index is 13.3. The van der Waals surface area contributed by atoms with Crippen LogP contribution >= 0.6 is 11.6 Å². The van der Waals surface area contributed by atoms with E-state index in [1.54, 1.807) is 19.1 Å². The van der Waals surface area contributed by atoms with Crippen molar-refractivity contribution in [2.24, 2.45) is 0 Å². The number of hydrogen-bond acceptors (Lipinski definition) is 4. The highest BCUT2D eigenvalue weighted by Crippen LogP contribution is 2.32. The number of nitrogens with one attached hydrogen (secondary N) is 1. The summed E-state index contributed by atoms with van der Waals surface area (Å²) in [6, 6.07) is 7.86. The van der Waals surface area contributed by atoms with Crippen molar-refractivity contribution in [2.75, 3.05) is 21.3 Å². The van der Waals surface area contributed by atoms with E-state index >= 15 is 0 Å². The largest absolute Gasteiger partial charge is 0.280 e. The van der Waals surface area contributed by atoms with Crippen LogP contribution in [0, 0.1) is 5.82 Å². The van der Waals surface area contributed by atoms with Gasteiger partial charge < -0.3 is 0 Å². The fourth-order valence-electron chi connectivity index (χ4n) is 2.93. The number of anilines is 2. The van der Waals surface area contributed by atoms with E-state index in [0.717, 1.165) is 23.8 Å². The molecule has 1 N–H and O–H groups in total. The first-order chi connectivity index (χ1) is 12.6. The van der Waals surface area contributed by atoms with Gasteiger partial charge in [0.05, 0.1) is 21.4 Å². The van der Waals surface area contributed by atoms with Crippen molar-refractivity contribution < 1.29 is 21.2 Å². The number of fused-ring (bicyclic) bond motifs is 1. The maximum atomic E-state index is 13.3. The van der Waals surface area contributed by atoms with E-state index in [2.05, 4.69) is 4.72 Å². The standard InChI is InChI=1S/C17H18ClFN2O4S2/c1-2-26(22,23)21-9-3-4-12-10-13(5-8-17(12)21)20-27(24,25)14-6-7-16(19)15(18)11-14/h5-8,10-11,20H,2-4,9H2,1H3. The number of halogens is 2. The van der Waals surface area contributed by atoms with Gasteiger partial charge in [-0.15, -0.1) is 0 Å². The van der Waals surface area contributed by atoms with Gasteiger partial charge in [0, 0.05) is 12.2 Å². The Hall–Kier alpha value is -1.84. The highest BCUT2D eigenvalue weighted by atomic mass is 35.5. The third kappa shape index (κ3) is 4.04. The fraction of sp³-hybridized carbons (Fsp3) is 0.294. The van der Waals surface area contributed by atoms with Gasteiger partial charge in [0.25, 0.3) is 10.0 Å². The maximum Gasteiger partial charge on any atom is 0.261 e. The lowest BCUT2D eigenvalue weighted by Gasteiger charge is -2.30. The molecule has 0 saturated heterocycles. The van der Waals surface area contributed by atoms with Crippen molar-refractivity contribution in [1.29, 1.82) is 0 Å². The summed E-state index contributed by atoms with van der Waals surface area (Å²) in [4.78, 5) is -0.165. The molecule has 0 spiro atoms. The third-order valence-electron chi connectivity index (χ3n) is 4.31. The van der Waals surface area contributed by atoms with E-state index in [-0.39, 0.29) is 15.7 Å². The van der Waals surface area contributed by atoms with Crippen molar-refractivity contribution in [2.45, 2.75) is 24.7 Å². The number of rotatable bonds is 5. The Morgan fingerprint density at radius 2 is 1.89 bits per heavy atom. The first-order valence-corrected chi connectivity index (χ1v) is 11.7. The summed E-state index contributed by atoms with van der Waals surface area (Å²) in [6.07, 6.45) is 1.29. The average molecular weight is 433 g/mol. The molecule has 2 aromatic carbocycles. The molecule has 0 unspecified atom stereocenters. The minimum atomic E-state index is -3.96. The zero-order valence-corrected chi connectivity index (χ0v) is 16.8. The summed E-state index contributed by atoms with van der Waals surface area (Å²) < 4.78 is 66.6. The predicted octanol–water partition coefficient (Wildman–Crippen LogP) is 3.38. The molecule has 3 rings (SSSR count). The van der Waals surface area contributed by atoms with E-state index < -0.39 is 25.9 Å². The molecule has 10 heteroatoms. The molecule has 1 aliphatic heterocycles. The Kier molecular flexibility index (Phi) is 5.38. The van der Waals surface area contributed by atoms with E-state index in [4.69, 9.17) is 11.6 Å². The first kappa shape index (κ1) is 19.9. The van der Waals surface area contributed by atoms with Gasteiger partial charge in [-0.25, -0.2) is 21.2 Å². The second-order valence-corrected chi connectivity index (χ2v) is 10.4. The second kappa shape index (κ2) is 7.29. The highest BCUT2D eigenvalue weighted by Gasteiger charge is 2.26. The lowest BCUT2D eigenvalue weighted by atomic mass is 10.0. The molecular weight excluding hydrogens is 415 g/mol. The van der Waals surface area contributed by atoms with Gasteiger partial charge in [-0.1, -0.05) is 11.6 Å². The Balaban J connectivity index is 1.92. The number of aryl methyl sites for hydroxylation is 1. The van der Waals surface area contributed by atoms with Gasteiger partial charge in [0.2, 0.25) is 10.0 Å². The third-order valence-corrected chi connectivity index (χ3v) is 7.76. The zero-order valence-electron chi connectivity index (χ0n) is 14.4. The quantitative estimate of drug-likeness (QED) is 0.785. The minimum absolute atomic E-state index is 0.00779. The van der Waals surface area contributed by atoms with Gasteiger partial charge in [-0.3, -0.25) is 9.03 Å². The first-order valence-electron chi connectivity index (χ1n) is 8.25. The number of sulfonamides is 2. The van der Waals surface area contributed by atoms with E-state index in [1.165, 1.54) is 10.4 Å². The summed E-state index contributed by atoms with van der Waals surface area (Å²) in [5.74, 6) is -0.715. The molecule has 0 fully saturated rings. The molecule has 0 atom stereocenters. The van der Waals surface area contributed by atoms with Crippen LogP contribution in [-0.4, -0.2) is 29.1 Å². The lowest BCUT2D eigenvalue weighted by Crippen LogP contribution is -2.36. The summed E-state index contributed by atoms with van der Waals surface area (Å²) in [6.45, 7) is 1.99. The van der Waals surface area contributed by atoms with Crippen LogP contribution in [0.25, 0.3) is 0 Å². The van der Waals surface area contributed by atoms with E-state index in [9.17, 15) is 21.2 Å². The molecule has 0 bridgehead atoms. The van der Waals surface area contributed by atoms with Crippen molar-refractivity contribution >= 4 is 43.0 Å². The van der Waals surface area contributed by atoms with Crippen LogP contribution in [0.3, 0.4) is 0 Å². The Morgan fingerprint density at radius 3 is 2.56 bits per heavy atom. The van der Waals surface area contributed by atoms with Crippen LogP contribution in [0.2, 0.25) is 5.02 Å². The minimum Gasteiger partial charge on any atom is -0.280 e. The Labute approximate surface area is 163 Å². The van der Waals surface area contributed by atoms with Gasteiger partial charge in [0.15, 0.2) is 0 Å². The molecule has 6 nitrogen and oxygen atoms in total. The van der Waals surface area contributed by atoms with Crippen LogP contribution in [0.5, 0.6) is 0 Å². The fourth-order valence-corrected chi connectivity index (χ4v) is 5.45. The Morgan fingerprint density at radius 1 is 1.15 bits per heavy atom. The van der Waals surface area contributed by atoms with Crippen molar-refractivity contribution in [3.63, 3.8) is 0 Å². The van der Waals surface area contributed by atoms with Crippen LogP contribution < -0.4 is 9.03 Å². The number of nitrogens with zero attached hydrogens (tertiary/aromatic N) is 1. The van der Waals surface area contributed by atoms with Crippen LogP contribution in [0.15, 0.2) is 41.3 Å². The molecule has 27 heavy (non-hydrogen) atoms. The number of hydrogen-bond donors (Lipinski definition) is 1. The molecule has 1 aliphatic rings. The van der Waals surface area contributed by atoms with Crippen LogP contribution in [0.4, 0.5) is 15.8 Å². The molecule has 0 saturated carbocycles. The summed E-state index contributed by atoms with van der Waals surface area (Å²) in [5.41, 5.74) is 1.61. The molecule has 0 aromatic heterocycles. The molecule has 0 amide bonds. The van der Waals surface area contributed by atoms with Crippen LogP contribution in [-0.2, 0) is 26.5 Å². The molecule has 0 radical (unpaired) electrons. The molecule has 1 heterocycles. The molecule has 0 aliphatic carbocycles. The van der Waals surface area contributed by atoms with Gasteiger partial charge in [-0.2, -0.15) is 0 Å².